The van der Waals surface area contributed by atoms with Crippen molar-refractivity contribution in [3.8, 4) is 11.6 Å². The molecule has 2 bridgehead atoms. The number of carbonyl (C=O) groups excluding carboxylic acids is 3. The Labute approximate surface area is 268 Å². The molecule has 2 aromatic rings. The highest BCUT2D eigenvalue weighted by Crippen LogP contribution is 2.50. The van der Waals surface area contributed by atoms with E-state index in [1.807, 2.05) is 0 Å². The van der Waals surface area contributed by atoms with E-state index in [9.17, 15) is 27.6 Å². The average molecular weight is 671 g/mol. The van der Waals surface area contributed by atoms with Crippen LogP contribution in [0.3, 0.4) is 0 Å². The van der Waals surface area contributed by atoms with Crippen LogP contribution in [0.5, 0.6) is 11.6 Å². The number of aromatic nitrogens is 2. The van der Waals surface area contributed by atoms with E-state index in [-0.39, 0.29) is 29.9 Å². The summed E-state index contributed by atoms with van der Waals surface area (Å²) in [6, 6.07) is 0.841. The van der Waals surface area contributed by atoms with Crippen molar-refractivity contribution < 1.29 is 50.5 Å². The van der Waals surface area contributed by atoms with Crippen molar-refractivity contribution in [2.45, 2.75) is 109 Å². The van der Waals surface area contributed by atoms with Crippen molar-refractivity contribution in [2.24, 2.45) is 17.3 Å². The number of carbonyl (C=O) groups is 3. The second kappa shape index (κ2) is 12.3. The number of ether oxygens (including phenoxy) is 3. The van der Waals surface area contributed by atoms with Crippen molar-refractivity contribution in [2.75, 3.05) is 6.54 Å². The Hall–Kier alpha value is -3.78. The lowest BCUT2D eigenvalue weighted by Gasteiger charge is -2.35. The number of alkyl carbamates (subject to hydrolysis) is 1. The van der Waals surface area contributed by atoms with Crippen molar-refractivity contribution in [1.29, 1.82) is 0 Å². The highest BCUT2D eigenvalue weighted by atomic mass is 19.4. The molecule has 6 atom stereocenters. The van der Waals surface area contributed by atoms with Crippen LogP contribution in [0, 0.1) is 17.3 Å². The van der Waals surface area contributed by atoms with Gasteiger partial charge in [0.25, 0.3) is 5.92 Å². The number of amides is 2. The highest BCUT2D eigenvalue weighted by molar-refractivity contribution is 5.89. The highest BCUT2D eigenvalue weighted by Gasteiger charge is 2.54. The molecule has 2 aliphatic heterocycles. The third kappa shape index (κ3) is 7.38. The van der Waals surface area contributed by atoms with Crippen LogP contribution in [0.1, 0.15) is 78.8 Å². The molecule has 3 aliphatic rings. The molecular weight excluding hydrogens is 631 g/mol. The van der Waals surface area contributed by atoms with Gasteiger partial charge in [-0.1, -0.05) is 34.1 Å². The maximum Gasteiger partial charge on any atom is 0.573 e. The third-order valence-electron chi connectivity index (χ3n) is 9.34. The molecule has 5 rings (SSSR count). The van der Waals surface area contributed by atoms with Gasteiger partial charge in [-0.3, -0.25) is 4.79 Å². The summed E-state index contributed by atoms with van der Waals surface area (Å²) < 4.78 is 86.4. The summed E-state index contributed by atoms with van der Waals surface area (Å²) in [5.74, 6) is -6.10. The number of rotatable bonds is 3. The van der Waals surface area contributed by atoms with Crippen molar-refractivity contribution >= 4 is 29.3 Å². The van der Waals surface area contributed by atoms with Crippen molar-refractivity contribution in [3.05, 3.63) is 23.9 Å². The lowest BCUT2D eigenvalue weighted by atomic mass is 9.85. The van der Waals surface area contributed by atoms with Gasteiger partial charge in [0.15, 0.2) is 5.69 Å². The zero-order chi connectivity index (χ0) is 34.5. The molecule has 3 heterocycles. The fourth-order valence-corrected chi connectivity index (χ4v) is 6.61. The lowest BCUT2D eigenvalue weighted by Crippen LogP contribution is -2.56. The van der Waals surface area contributed by atoms with E-state index in [0.29, 0.717) is 32.0 Å². The molecule has 2 amide bonds. The van der Waals surface area contributed by atoms with Crippen LogP contribution in [-0.4, -0.2) is 69.9 Å². The molecule has 258 valence electrons. The molecular formula is C32H39F5N4O6. The van der Waals surface area contributed by atoms with E-state index in [4.69, 9.17) is 9.47 Å². The van der Waals surface area contributed by atoms with Crippen LogP contribution in [0.25, 0.3) is 11.0 Å². The average Bonchev–Trinajstić information content (AvgIpc) is 3.45. The first-order valence-electron chi connectivity index (χ1n) is 15.7. The standard InChI is InChI=1S/C32H39F5N4O6/c1-6-19-22(16-42)41-15-23(19)45-26-24(38-20-11-10-18(13-21(20)39-26)46-32(35,36)37)31(33,34)12-8-7-9-17-14-30(17,5)47-28(44)40-25(27(41)43)29(2,3)4/h10-11,13,16-17,19,22-23,25H,6-9,12,14-15H2,1-5H3,(H,40,44)/t17-,19+,22-,23+,25-,30-/m1/s1. The number of hydrogen-bond acceptors (Lipinski definition) is 8. The van der Waals surface area contributed by atoms with Gasteiger partial charge in [-0.2, -0.15) is 8.78 Å². The topological polar surface area (TPSA) is 120 Å². The predicted molar refractivity (Wildman–Crippen MR) is 158 cm³/mol. The van der Waals surface area contributed by atoms with Gasteiger partial charge in [0.2, 0.25) is 11.8 Å². The SMILES string of the molecule is CC[C@@H]1[C@@H]2CN(C(=O)[C@H](C(C)(C)C)NC(=O)O[C@]3(C)C[C@H]3CCCCC(F)(F)c3nc4ccc(OC(F)(F)F)cc4nc3O2)[C@@H]1C=O. The summed E-state index contributed by atoms with van der Waals surface area (Å²) >= 11 is 0. The van der Waals surface area contributed by atoms with Gasteiger partial charge in [0.05, 0.1) is 23.6 Å². The Morgan fingerprint density at radius 2 is 1.85 bits per heavy atom. The number of hydrogen-bond donors (Lipinski definition) is 1. The number of nitrogens with zero attached hydrogens (tertiary/aromatic N) is 3. The van der Waals surface area contributed by atoms with Gasteiger partial charge in [-0.25, -0.2) is 14.8 Å². The van der Waals surface area contributed by atoms with Crippen LogP contribution in [0.2, 0.25) is 0 Å². The smallest absolute Gasteiger partial charge is 0.471 e. The number of nitrogens with one attached hydrogen (secondary N) is 1. The van der Waals surface area contributed by atoms with E-state index in [1.54, 1.807) is 34.6 Å². The molecule has 0 unspecified atom stereocenters. The van der Waals surface area contributed by atoms with Crippen LogP contribution < -0.4 is 14.8 Å². The second-order valence-electron chi connectivity index (χ2n) is 13.9. The summed E-state index contributed by atoms with van der Waals surface area (Å²) in [6.45, 7) is 8.53. The molecule has 1 aliphatic carbocycles. The first-order valence-corrected chi connectivity index (χ1v) is 15.7. The first kappa shape index (κ1) is 34.6. The first-order chi connectivity index (χ1) is 21.8. The van der Waals surface area contributed by atoms with Gasteiger partial charge in [-0.15, -0.1) is 13.2 Å². The molecule has 1 N–H and O–H groups in total. The predicted octanol–water partition coefficient (Wildman–Crippen LogP) is 6.30. The number of aldehydes is 1. The van der Waals surface area contributed by atoms with Gasteiger partial charge in [0, 0.05) is 24.3 Å². The molecule has 0 spiro atoms. The van der Waals surface area contributed by atoms with E-state index < -0.39 is 83.2 Å². The van der Waals surface area contributed by atoms with E-state index in [0.717, 1.165) is 18.2 Å². The maximum atomic E-state index is 15.9. The Bertz CT molecular complexity index is 1530. The molecule has 1 aromatic carbocycles. The van der Waals surface area contributed by atoms with Crippen LogP contribution in [-0.2, 0) is 20.2 Å². The summed E-state index contributed by atoms with van der Waals surface area (Å²) in [5.41, 5.74) is -2.69. The van der Waals surface area contributed by atoms with E-state index in [1.165, 1.54) is 4.90 Å². The molecule has 47 heavy (non-hydrogen) atoms. The largest absolute Gasteiger partial charge is 0.573 e. The number of fused-ring (bicyclic) bond motifs is 5. The monoisotopic (exact) mass is 670 g/mol. The summed E-state index contributed by atoms with van der Waals surface area (Å²) in [6.07, 6.45) is -5.01. The van der Waals surface area contributed by atoms with Crippen LogP contribution >= 0.6 is 0 Å². The van der Waals surface area contributed by atoms with Gasteiger partial charge < -0.3 is 29.2 Å². The van der Waals surface area contributed by atoms with Gasteiger partial charge in [0.1, 0.15) is 29.8 Å². The Morgan fingerprint density at radius 3 is 2.49 bits per heavy atom. The van der Waals surface area contributed by atoms with Gasteiger partial charge >= 0.3 is 12.5 Å². The Kier molecular flexibility index (Phi) is 9.08. The minimum atomic E-state index is -5.00. The van der Waals surface area contributed by atoms with Crippen molar-refractivity contribution in [3.63, 3.8) is 0 Å². The van der Waals surface area contributed by atoms with Crippen LogP contribution in [0.15, 0.2) is 18.2 Å². The minimum absolute atomic E-state index is 0.0545. The molecule has 15 heteroatoms. The third-order valence-corrected chi connectivity index (χ3v) is 9.34. The number of benzene rings is 1. The summed E-state index contributed by atoms with van der Waals surface area (Å²) in [5, 5.41) is 2.70. The lowest BCUT2D eigenvalue weighted by molar-refractivity contribution is -0.274. The second-order valence-corrected chi connectivity index (χ2v) is 13.9. The normalized spacial score (nSPS) is 30.2. The summed E-state index contributed by atoms with van der Waals surface area (Å²) in [4.78, 5) is 49.1. The fraction of sp³-hybridized carbons (Fsp3) is 0.656. The number of halogens is 5. The minimum Gasteiger partial charge on any atom is -0.471 e. The molecule has 10 nitrogen and oxygen atoms in total. The number of alkyl halides is 5. The fourth-order valence-electron chi connectivity index (χ4n) is 6.61. The van der Waals surface area contributed by atoms with Crippen LogP contribution in [0.4, 0.5) is 26.7 Å². The molecule has 1 saturated carbocycles. The maximum absolute atomic E-state index is 15.9. The molecule has 1 aromatic heterocycles. The van der Waals surface area contributed by atoms with E-state index >= 15 is 8.78 Å². The molecule has 0 radical (unpaired) electrons. The Morgan fingerprint density at radius 1 is 1.13 bits per heavy atom. The molecule has 2 fully saturated rings. The quantitative estimate of drug-likeness (QED) is 0.299. The van der Waals surface area contributed by atoms with E-state index in [2.05, 4.69) is 20.0 Å². The van der Waals surface area contributed by atoms with Gasteiger partial charge in [-0.05, 0) is 50.2 Å². The zero-order valence-electron chi connectivity index (χ0n) is 26.8. The zero-order valence-corrected chi connectivity index (χ0v) is 26.8. The molecule has 1 saturated heterocycles. The Balaban J connectivity index is 1.58. The summed E-state index contributed by atoms with van der Waals surface area (Å²) in [7, 11) is 0. The van der Waals surface area contributed by atoms with Crippen molar-refractivity contribution in [1.82, 2.24) is 20.2 Å².